The molecule has 0 unspecified atom stereocenters. The van der Waals surface area contributed by atoms with Crippen LogP contribution in [0, 0.1) is 11.8 Å². The molecule has 122 valence electrons. The molecule has 22 heavy (non-hydrogen) atoms. The first kappa shape index (κ1) is 16.7. The van der Waals surface area contributed by atoms with Gasteiger partial charge in [-0.05, 0) is 19.8 Å². The maximum absolute atomic E-state index is 11.7. The maximum atomic E-state index is 11.7. The Bertz CT molecular complexity index is 519. The van der Waals surface area contributed by atoms with E-state index in [2.05, 4.69) is 6.58 Å². The standard InChI is InChI=1S/C17H24O5/c1-9-8-14-15(11(3)17(20)22-14)16(19)10(2)13(9)6-5-7-21-12(4)18/h10,14-16,19H,3,5-8H2,1-2,4H3/t10-,14+,15+,16-/m0/s1. The monoisotopic (exact) mass is 308 g/mol. The van der Waals surface area contributed by atoms with Gasteiger partial charge < -0.3 is 14.6 Å². The predicted molar refractivity (Wildman–Crippen MR) is 80.9 cm³/mol. The van der Waals surface area contributed by atoms with Gasteiger partial charge in [-0.2, -0.15) is 0 Å². The summed E-state index contributed by atoms with van der Waals surface area (Å²) in [6.45, 7) is 9.53. The van der Waals surface area contributed by atoms with Gasteiger partial charge in [0.25, 0.3) is 0 Å². The van der Waals surface area contributed by atoms with Crippen LogP contribution in [0.25, 0.3) is 0 Å². The Labute approximate surface area is 131 Å². The molecule has 1 aliphatic carbocycles. The number of carbonyl (C=O) groups is 2. The fraction of sp³-hybridized carbons (Fsp3) is 0.647. The summed E-state index contributed by atoms with van der Waals surface area (Å²) in [6.07, 6.45) is 1.12. The first-order valence-corrected chi connectivity index (χ1v) is 7.72. The molecule has 0 aromatic carbocycles. The summed E-state index contributed by atoms with van der Waals surface area (Å²) in [6, 6.07) is 0. The van der Waals surface area contributed by atoms with Crippen molar-refractivity contribution in [1.82, 2.24) is 0 Å². The number of esters is 2. The van der Waals surface area contributed by atoms with Gasteiger partial charge >= 0.3 is 11.9 Å². The minimum Gasteiger partial charge on any atom is -0.466 e. The third kappa shape index (κ3) is 3.24. The summed E-state index contributed by atoms with van der Waals surface area (Å²) >= 11 is 0. The van der Waals surface area contributed by atoms with Crippen molar-refractivity contribution in [2.75, 3.05) is 6.61 Å². The molecule has 0 radical (unpaired) electrons. The SMILES string of the molecule is C=C1C(=O)O[C@@H]2CC(C)=C(CCCOC(C)=O)[C@H](C)[C@H](O)[C@H]12. The molecule has 4 atom stereocenters. The molecule has 1 N–H and O–H groups in total. The number of hydrogen-bond acceptors (Lipinski definition) is 5. The summed E-state index contributed by atoms with van der Waals surface area (Å²) in [7, 11) is 0. The smallest absolute Gasteiger partial charge is 0.334 e. The quantitative estimate of drug-likeness (QED) is 0.373. The number of ether oxygens (including phenoxy) is 2. The number of aliphatic hydroxyl groups is 1. The van der Waals surface area contributed by atoms with Crippen molar-refractivity contribution in [3.8, 4) is 0 Å². The van der Waals surface area contributed by atoms with Gasteiger partial charge in [-0.25, -0.2) is 4.79 Å². The third-order valence-corrected chi connectivity index (χ3v) is 4.70. The van der Waals surface area contributed by atoms with Crippen molar-refractivity contribution >= 4 is 11.9 Å². The van der Waals surface area contributed by atoms with Gasteiger partial charge in [0.2, 0.25) is 0 Å². The van der Waals surface area contributed by atoms with Gasteiger partial charge in [-0.3, -0.25) is 4.79 Å². The largest absolute Gasteiger partial charge is 0.466 e. The van der Waals surface area contributed by atoms with E-state index in [0.717, 1.165) is 24.0 Å². The Hall–Kier alpha value is -1.62. The lowest BCUT2D eigenvalue weighted by molar-refractivity contribution is -0.141. The molecule has 5 nitrogen and oxygen atoms in total. The highest BCUT2D eigenvalue weighted by atomic mass is 16.6. The average Bonchev–Trinajstić information content (AvgIpc) is 2.67. The molecule has 0 spiro atoms. The highest BCUT2D eigenvalue weighted by Crippen LogP contribution is 2.42. The molecule has 5 heteroatoms. The summed E-state index contributed by atoms with van der Waals surface area (Å²) in [5.74, 6) is -1.08. The van der Waals surface area contributed by atoms with Crippen LogP contribution in [0.15, 0.2) is 23.3 Å². The summed E-state index contributed by atoms with van der Waals surface area (Å²) < 4.78 is 10.3. The van der Waals surface area contributed by atoms with Crippen LogP contribution in [0.2, 0.25) is 0 Å². The van der Waals surface area contributed by atoms with Crippen LogP contribution in [0.4, 0.5) is 0 Å². The van der Waals surface area contributed by atoms with Gasteiger partial charge in [0, 0.05) is 24.8 Å². The summed E-state index contributed by atoms with van der Waals surface area (Å²) in [5, 5.41) is 10.6. The third-order valence-electron chi connectivity index (χ3n) is 4.70. The fourth-order valence-corrected chi connectivity index (χ4v) is 3.50. The molecule has 2 rings (SSSR count). The number of aliphatic hydroxyl groups excluding tert-OH is 1. The van der Waals surface area contributed by atoms with Gasteiger partial charge in [-0.1, -0.05) is 24.6 Å². The van der Waals surface area contributed by atoms with Gasteiger partial charge in [-0.15, -0.1) is 0 Å². The van der Waals surface area contributed by atoms with Crippen molar-refractivity contribution < 1.29 is 24.2 Å². The number of rotatable bonds is 4. The highest BCUT2D eigenvalue weighted by Gasteiger charge is 2.46. The normalized spacial score (nSPS) is 31.6. The summed E-state index contributed by atoms with van der Waals surface area (Å²) in [5.41, 5.74) is 2.68. The molecular formula is C17H24O5. The fourth-order valence-electron chi connectivity index (χ4n) is 3.50. The lowest BCUT2D eigenvalue weighted by Crippen LogP contribution is -2.32. The molecule has 1 aliphatic heterocycles. The molecule has 0 bridgehead atoms. The number of hydrogen-bond donors (Lipinski definition) is 1. The van der Waals surface area contributed by atoms with E-state index >= 15 is 0 Å². The van der Waals surface area contributed by atoms with Crippen LogP contribution in [0.5, 0.6) is 0 Å². The van der Waals surface area contributed by atoms with E-state index in [9.17, 15) is 14.7 Å². The average molecular weight is 308 g/mol. The lowest BCUT2D eigenvalue weighted by atomic mass is 9.82. The van der Waals surface area contributed by atoms with Crippen LogP contribution in [-0.4, -0.2) is 35.9 Å². The van der Waals surface area contributed by atoms with Gasteiger partial charge in [0.1, 0.15) is 6.10 Å². The highest BCUT2D eigenvalue weighted by molar-refractivity contribution is 5.91. The second kappa shape index (κ2) is 6.65. The van der Waals surface area contributed by atoms with Crippen molar-refractivity contribution in [2.45, 2.75) is 52.2 Å². The molecule has 2 aliphatic rings. The van der Waals surface area contributed by atoms with E-state index in [4.69, 9.17) is 9.47 Å². The summed E-state index contributed by atoms with van der Waals surface area (Å²) in [4.78, 5) is 22.5. The second-order valence-corrected chi connectivity index (χ2v) is 6.23. The van der Waals surface area contributed by atoms with Crippen LogP contribution < -0.4 is 0 Å². The molecular weight excluding hydrogens is 284 g/mol. The molecule has 0 aromatic heterocycles. The zero-order valence-electron chi connectivity index (χ0n) is 13.4. The number of fused-ring (bicyclic) bond motifs is 1. The Balaban J connectivity index is 2.10. The number of carbonyl (C=O) groups excluding carboxylic acids is 2. The molecule has 0 amide bonds. The van der Waals surface area contributed by atoms with E-state index in [0.29, 0.717) is 18.6 Å². The molecule has 1 saturated heterocycles. The first-order valence-electron chi connectivity index (χ1n) is 7.72. The lowest BCUT2D eigenvalue weighted by Gasteiger charge is -2.26. The van der Waals surface area contributed by atoms with Crippen LogP contribution in [0.3, 0.4) is 0 Å². The van der Waals surface area contributed by atoms with Crippen LogP contribution >= 0.6 is 0 Å². The van der Waals surface area contributed by atoms with Gasteiger partial charge in [0.15, 0.2) is 0 Å². The van der Waals surface area contributed by atoms with Crippen LogP contribution in [-0.2, 0) is 19.1 Å². The Morgan fingerprint density at radius 3 is 2.82 bits per heavy atom. The van der Waals surface area contributed by atoms with E-state index in [1.807, 2.05) is 13.8 Å². The molecule has 0 aromatic rings. The van der Waals surface area contributed by atoms with Crippen molar-refractivity contribution in [3.05, 3.63) is 23.3 Å². The second-order valence-electron chi connectivity index (χ2n) is 6.23. The minimum atomic E-state index is -0.676. The zero-order valence-corrected chi connectivity index (χ0v) is 13.4. The van der Waals surface area contributed by atoms with E-state index < -0.39 is 12.1 Å². The first-order chi connectivity index (χ1) is 10.3. The predicted octanol–water partition coefficient (Wildman–Crippen LogP) is 2.14. The molecule has 0 saturated carbocycles. The van der Waals surface area contributed by atoms with Crippen molar-refractivity contribution in [1.29, 1.82) is 0 Å². The van der Waals surface area contributed by atoms with Crippen molar-refractivity contribution in [3.63, 3.8) is 0 Å². The van der Waals surface area contributed by atoms with Crippen LogP contribution in [0.1, 0.15) is 40.0 Å². The Morgan fingerprint density at radius 1 is 1.50 bits per heavy atom. The Kier molecular flexibility index (Phi) is 5.06. The minimum absolute atomic E-state index is 0.0708. The maximum Gasteiger partial charge on any atom is 0.334 e. The Morgan fingerprint density at radius 2 is 2.18 bits per heavy atom. The zero-order chi connectivity index (χ0) is 16.4. The van der Waals surface area contributed by atoms with Gasteiger partial charge in [0.05, 0.1) is 18.6 Å². The van der Waals surface area contributed by atoms with E-state index in [1.165, 1.54) is 6.92 Å². The topological polar surface area (TPSA) is 72.8 Å². The van der Waals surface area contributed by atoms with Crippen molar-refractivity contribution in [2.24, 2.45) is 11.8 Å². The van der Waals surface area contributed by atoms with E-state index in [-0.39, 0.29) is 23.9 Å². The molecule has 1 fully saturated rings. The van der Waals surface area contributed by atoms with E-state index in [1.54, 1.807) is 0 Å². The molecule has 1 heterocycles.